The molecule has 5 rings (SSSR count). The van der Waals surface area contributed by atoms with Gasteiger partial charge in [-0.1, -0.05) is 18.2 Å². The van der Waals surface area contributed by atoms with Crippen molar-refractivity contribution < 1.29 is 9.18 Å². The van der Waals surface area contributed by atoms with Crippen LogP contribution in [0.2, 0.25) is 0 Å². The molecule has 2 aliphatic rings. The molecule has 0 saturated carbocycles. The van der Waals surface area contributed by atoms with Crippen LogP contribution in [0.4, 0.5) is 10.2 Å². The molecule has 0 radical (unpaired) electrons. The fraction of sp³-hybridized carbons (Fsp3) is 0.241. The average molecular weight is 553 g/mol. The number of allylic oxidation sites excluding steroid dienone is 2. The zero-order valence-electron chi connectivity index (χ0n) is 22.8. The van der Waals surface area contributed by atoms with Gasteiger partial charge in [0.25, 0.3) is 0 Å². The van der Waals surface area contributed by atoms with Crippen molar-refractivity contribution >= 4 is 29.9 Å². The minimum atomic E-state index is -1.05. The van der Waals surface area contributed by atoms with Gasteiger partial charge in [0.15, 0.2) is 0 Å². The third-order valence-corrected chi connectivity index (χ3v) is 7.05. The van der Waals surface area contributed by atoms with Crippen molar-refractivity contribution in [2.24, 2.45) is 22.9 Å². The van der Waals surface area contributed by atoms with Gasteiger partial charge in [0, 0.05) is 69.0 Å². The highest BCUT2D eigenvalue weighted by atomic mass is 19.1. The highest BCUT2D eigenvalue weighted by Crippen LogP contribution is 2.30. The number of aryl methyl sites for hydroxylation is 1. The van der Waals surface area contributed by atoms with E-state index in [-0.39, 0.29) is 11.5 Å². The van der Waals surface area contributed by atoms with E-state index in [1.807, 2.05) is 25.4 Å². The Bertz CT molecular complexity index is 1610. The van der Waals surface area contributed by atoms with Gasteiger partial charge in [0.05, 0.1) is 35.4 Å². The van der Waals surface area contributed by atoms with Crippen LogP contribution in [0.25, 0.3) is 5.70 Å². The SMILES string of the molecule is C=NN1C=C(c2cnn(C)c2)N=C(c2ccc(N3CCN(C(=O)C(N)c4ccccc4F)CC3)nc2)/C1=C(/C)C#N. The zero-order valence-corrected chi connectivity index (χ0v) is 22.8. The van der Waals surface area contributed by atoms with Crippen LogP contribution in [0.1, 0.15) is 29.7 Å². The molecule has 2 N–H and O–H groups in total. The van der Waals surface area contributed by atoms with E-state index in [1.165, 1.54) is 12.1 Å². The first-order chi connectivity index (χ1) is 19.8. The number of nitrogens with zero attached hydrogens (tertiary/aromatic N) is 9. The van der Waals surface area contributed by atoms with E-state index in [1.54, 1.807) is 52.2 Å². The van der Waals surface area contributed by atoms with Crippen LogP contribution in [0.3, 0.4) is 0 Å². The molecule has 11 nitrogen and oxygen atoms in total. The van der Waals surface area contributed by atoms with Crippen LogP contribution >= 0.6 is 0 Å². The van der Waals surface area contributed by atoms with Crippen molar-refractivity contribution in [3.05, 3.63) is 95.0 Å². The summed E-state index contributed by atoms with van der Waals surface area (Å²) in [5.74, 6) is -0.0600. The van der Waals surface area contributed by atoms with Gasteiger partial charge in [-0.25, -0.2) is 19.4 Å². The summed E-state index contributed by atoms with van der Waals surface area (Å²) in [6.07, 6.45) is 6.96. The average Bonchev–Trinajstić information content (AvgIpc) is 3.46. The predicted octanol–water partition coefficient (Wildman–Crippen LogP) is 2.82. The van der Waals surface area contributed by atoms with E-state index in [0.29, 0.717) is 54.4 Å². The molecule has 208 valence electrons. The molecule has 12 heteroatoms. The minimum absolute atomic E-state index is 0.189. The quantitative estimate of drug-likeness (QED) is 0.367. The molecule has 1 saturated heterocycles. The van der Waals surface area contributed by atoms with Gasteiger partial charge in [-0.3, -0.25) is 9.48 Å². The maximum absolute atomic E-state index is 14.1. The molecule has 4 heterocycles. The number of carbonyl (C=O) groups excluding carboxylic acids is 1. The Kier molecular flexibility index (Phi) is 7.71. The van der Waals surface area contributed by atoms with Crippen molar-refractivity contribution in [1.29, 1.82) is 5.26 Å². The number of amides is 1. The second-order valence-corrected chi connectivity index (χ2v) is 9.67. The number of piperazine rings is 1. The number of carbonyl (C=O) groups is 1. The molecule has 0 bridgehead atoms. The molecule has 1 aromatic carbocycles. The number of halogens is 1. The smallest absolute Gasteiger partial charge is 0.244 e. The van der Waals surface area contributed by atoms with Crippen molar-refractivity contribution in [2.75, 3.05) is 31.1 Å². The molecule has 3 aromatic rings. The van der Waals surface area contributed by atoms with Crippen LogP contribution < -0.4 is 10.6 Å². The molecule has 1 unspecified atom stereocenters. The third kappa shape index (κ3) is 5.48. The van der Waals surface area contributed by atoms with E-state index in [9.17, 15) is 14.4 Å². The highest BCUT2D eigenvalue weighted by molar-refractivity contribution is 6.15. The normalized spacial score (nSPS) is 17.4. The number of rotatable bonds is 6. The maximum Gasteiger partial charge on any atom is 0.244 e. The van der Waals surface area contributed by atoms with Crippen LogP contribution in [0, 0.1) is 17.1 Å². The lowest BCUT2D eigenvalue weighted by Crippen LogP contribution is -2.51. The Labute approximate surface area is 237 Å². The molecule has 0 spiro atoms. The van der Waals surface area contributed by atoms with E-state index in [0.717, 1.165) is 11.4 Å². The van der Waals surface area contributed by atoms with Crippen molar-refractivity contribution in [1.82, 2.24) is 24.7 Å². The van der Waals surface area contributed by atoms with Crippen molar-refractivity contribution in [2.45, 2.75) is 13.0 Å². The zero-order chi connectivity index (χ0) is 29.1. The molecular weight excluding hydrogens is 523 g/mol. The molecular formula is C29H29FN10O. The fourth-order valence-electron chi connectivity index (χ4n) is 4.83. The lowest BCUT2D eigenvalue weighted by Gasteiger charge is -2.36. The van der Waals surface area contributed by atoms with Gasteiger partial charge in [-0.15, -0.1) is 0 Å². The summed E-state index contributed by atoms with van der Waals surface area (Å²) in [5.41, 5.74) is 9.88. The first-order valence-electron chi connectivity index (χ1n) is 13.0. The van der Waals surface area contributed by atoms with Crippen LogP contribution in [0.15, 0.2) is 82.6 Å². The number of hydrogen-bond acceptors (Lipinski definition) is 9. The Balaban J connectivity index is 1.34. The second-order valence-electron chi connectivity index (χ2n) is 9.67. The number of aromatic nitrogens is 3. The molecule has 1 atom stereocenters. The number of pyridine rings is 1. The summed E-state index contributed by atoms with van der Waals surface area (Å²) in [6, 6.07) is 11.0. The largest absolute Gasteiger partial charge is 0.353 e. The first-order valence-corrected chi connectivity index (χ1v) is 13.0. The van der Waals surface area contributed by atoms with Gasteiger partial charge < -0.3 is 15.5 Å². The summed E-state index contributed by atoms with van der Waals surface area (Å²) in [7, 11) is 1.82. The Morgan fingerprint density at radius 1 is 1.15 bits per heavy atom. The van der Waals surface area contributed by atoms with Crippen LogP contribution in [0.5, 0.6) is 0 Å². The van der Waals surface area contributed by atoms with Gasteiger partial charge in [0.1, 0.15) is 23.4 Å². The van der Waals surface area contributed by atoms with Crippen LogP contribution in [-0.4, -0.2) is 69.2 Å². The lowest BCUT2D eigenvalue weighted by atomic mass is 10.0. The minimum Gasteiger partial charge on any atom is -0.353 e. The number of nitrogens with two attached hydrogens (primary N) is 1. The molecule has 0 aliphatic carbocycles. The van der Waals surface area contributed by atoms with Gasteiger partial charge >= 0.3 is 0 Å². The lowest BCUT2D eigenvalue weighted by molar-refractivity contribution is -0.133. The van der Waals surface area contributed by atoms with E-state index in [4.69, 9.17) is 10.7 Å². The number of aliphatic imine (C=N–C) groups is 1. The number of benzene rings is 1. The number of anilines is 1. The fourth-order valence-corrected chi connectivity index (χ4v) is 4.83. The maximum atomic E-state index is 14.1. The van der Waals surface area contributed by atoms with E-state index >= 15 is 0 Å². The third-order valence-electron chi connectivity index (χ3n) is 7.05. The molecule has 2 aliphatic heterocycles. The van der Waals surface area contributed by atoms with Gasteiger partial charge in [-0.2, -0.15) is 15.5 Å². The van der Waals surface area contributed by atoms with Crippen molar-refractivity contribution in [3.8, 4) is 6.07 Å². The van der Waals surface area contributed by atoms with Crippen molar-refractivity contribution in [3.63, 3.8) is 0 Å². The molecule has 1 fully saturated rings. The summed E-state index contributed by atoms with van der Waals surface area (Å²) in [5, 5.41) is 19.6. The topological polar surface area (TPSA) is 132 Å². The standard InChI is InChI=1S/C29H29FN10O/c1-19(14-31)28-27(36-24(18-40(28)33-2)21-16-35-37(3)17-21)20-8-9-25(34-15-20)38-10-12-39(13-11-38)29(41)26(32)22-6-4-5-7-23(22)30/h4-9,15-18,26H,2,10-13,32H2,1,3H3/b28-19+. The van der Waals surface area contributed by atoms with Gasteiger partial charge in [0.2, 0.25) is 5.91 Å². The Morgan fingerprint density at radius 3 is 2.51 bits per heavy atom. The van der Waals surface area contributed by atoms with Crippen LogP contribution in [-0.2, 0) is 11.8 Å². The number of hydrogen-bond donors (Lipinski definition) is 1. The summed E-state index contributed by atoms with van der Waals surface area (Å²) in [4.78, 5) is 26.2. The monoisotopic (exact) mass is 552 g/mol. The molecule has 2 aromatic heterocycles. The van der Waals surface area contributed by atoms with E-state index in [2.05, 4.69) is 32.9 Å². The second kappa shape index (κ2) is 11.5. The molecule has 41 heavy (non-hydrogen) atoms. The molecule has 1 amide bonds. The summed E-state index contributed by atoms with van der Waals surface area (Å²) in [6.45, 7) is 7.34. The van der Waals surface area contributed by atoms with E-state index < -0.39 is 11.9 Å². The first kappa shape index (κ1) is 27.4. The summed E-state index contributed by atoms with van der Waals surface area (Å²) < 4.78 is 15.8. The Morgan fingerprint density at radius 2 is 1.90 bits per heavy atom. The summed E-state index contributed by atoms with van der Waals surface area (Å²) >= 11 is 0. The predicted molar refractivity (Wildman–Crippen MR) is 154 cm³/mol. The number of nitriles is 1. The number of hydrazone groups is 1. The highest BCUT2D eigenvalue weighted by Gasteiger charge is 2.29. The Hall–Kier alpha value is -5.15. The van der Waals surface area contributed by atoms with Gasteiger partial charge in [-0.05, 0) is 25.1 Å².